The Morgan fingerprint density at radius 3 is 1.39 bits per heavy atom. The largest absolute Gasteiger partial charge is 0.394 e. The topological polar surface area (TPSA) is 124 Å². The van der Waals surface area contributed by atoms with E-state index in [0.717, 1.165) is 24.0 Å². The molecule has 2 aromatic rings. The number of ether oxygens (including phenoxy) is 9. The maximum absolute atomic E-state index is 11.8. The zero-order valence-electron chi connectivity index (χ0n) is 37.1. The molecule has 11 heteroatoms. The summed E-state index contributed by atoms with van der Waals surface area (Å²) in [7, 11) is 0. The minimum Gasteiger partial charge on any atom is -0.394 e. The van der Waals surface area contributed by atoms with Crippen LogP contribution in [0.15, 0.2) is 60.7 Å². The maximum Gasteiger partial charge on any atom is 0.187 e. The smallest absolute Gasteiger partial charge is 0.187 e. The fourth-order valence-corrected chi connectivity index (χ4v) is 9.52. The lowest BCUT2D eigenvalue weighted by Gasteiger charge is -2.51. The molecule has 2 N–H and O–H groups in total. The van der Waals surface area contributed by atoms with Crippen molar-refractivity contribution in [2.45, 2.75) is 182 Å². The second-order valence-electron chi connectivity index (χ2n) is 17.9. The third-order valence-corrected chi connectivity index (χ3v) is 14.3. The van der Waals surface area contributed by atoms with Crippen molar-refractivity contribution in [1.82, 2.24) is 0 Å². The molecular formula is C48H74O11. The Labute approximate surface area is 353 Å². The van der Waals surface area contributed by atoms with Crippen LogP contribution in [0.4, 0.5) is 0 Å². The van der Waals surface area contributed by atoms with Crippen molar-refractivity contribution in [2.75, 3.05) is 6.61 Å². The van der Waals surface area contributed by atoms with Crippen molar-refractivity contribution in [3.05, 3.63) is 71.8 Å². The summed E-state index contributed by atoms with van der Waals surface area (Å²) >= 11 is 0. The first-order valence-corrected chi connectivity index (χ1v) is 22.6. The molecule has 0 aromatic heterocycles. The molecule has 0 bridgehead atoms. The quantitative estimate of drug-likeness (QED) is 0.172. The molecule has 4 saturated heterocycles. The van der Waals surface area contributed by atoms with Gasteiger partial charge in [0.1, 0.15) is 24.4 Å². The number of benzene rings is 2. The van der Waals surface area contributed by atoms with Gasteiger partial charge in [-0.05, 0) is 54.1 Å². The van der Waals surface area contributed by atoms with Gasteiger partial charge >= 0.3 is 0 Å². The van der Waals surface area contributed by atoms with Crippen molar-refractivity contribution in [2.24, 2.45) is 41.4 Å². The Morgan fingerprint density at radius 1 is 0.441 bits per heavy atom. The molecule has 0 spiro atoms. The van der Waals surface area contributed by atoms with E-state index in [9.17, 15) is 10.2 Å². The van der Waals surface area contributed by atoms with E-state index in [4.69, 9.17) is 42.6 Å². The van der Waals surface area contributed by atoms with E-state index in [1.807, 2.05) is 48.5 Å². The number of rotatable bonds is 16. The highest BCUT2D eigenvalue weighted by molar-refractivity contribution is 5.14. The van der Waals surface area contributed by atoms with Gasteiger partial charge in [-0.1, -0.05) is 130 Å². The molecule has 0 aliphatic carbocycles. The van der Waals surface area contributed by atoms with E-state index in [1.54, 1.807) is 0 Å². The Hall–Kier alpha value is -2.00. The van der Waals surface area contributed by atoms with Crippen LogP contribution >= 0.6 is 0 Å². The summed E-state index contributed by atoms with van der Waals surface area (Å²) in [6.07, 6.45) is -5.10. The fourth-order valence-electron chi connectivity index (χ4n) is 9.52. The number of hydrogen-bond acceptors (Lipinski definition) is 11. The molecule has 2 aromatic carbocycles. The van der Waals surface area contributed by atoms with Crippen LogP contribution in [-0.4, -0.2) is 96.9 Å². The van der Waals surface area contributed by atoms with Crippen LogP contribution in [0.1, 0.15) is 99.6 Å². The van der Waals surface area contributed by atoms with E-state index >= 15 is 0 Å². The van der Waals surface area contributed by atoms with Crippen molar-refractivity contribution < 1.29 is 52.8 Å². The molecule has 8 unspecified atom stereocenters. The van der Waals surface area contributed by atoms with Crippen molar-refractivity contribution in [3.63, 3.8) is 0 Å². The van der Waals surface area contributed by atoms with E-state index in [-0.39, 0.29) is 66.9 Å². The first-order valence-electron chi connectivity index (χ1n) is 22.6. The third-order valence-electron chi connectivity index (χ3n) is 14.3. The SMILES string of the molecule is CCC1O[C@@H](OCc2ccccc2)C(C)[C@@H](C)[C@@H]1O[C@@H]1OC(CC)[C@@H](O[C@@H]2OC(CO)[C@@H](O)[C@H](O[C@H]3O[C@@H](CC)[C@@H](C)C(C)C3C)C2OCc2ccccc2)[C@H](C)C1C. The Bertz CT molecular complexity index is 1510. The molecular weight excluding hydrogens is 753 g/mol. The highest BCUT2D eigenvalue weighted by Crippen LogP contribution is 2.43. The molecule has 0 saturated carbocycles. The molecule has 6 rings (SSSR count). The molecule has 4 fully saturated rings. The van der Waals surface area contributed by atoms with Crippen LogP contribution in [0, 0.1) is 41.4 Å². The average Bonchev–Trinajstić information content (AvgIpc) is 3.25. The highest BCUT2D eigenvalue weighted by atomic mass is 16.8. The molecule has 0 amide bonds. The van der Waals surface area contributed by atoms with E-state index in [1.165, 1.54) is 0 Å². The van der Waals surface area contributed by atoms with Crippen molar-refractivity contribution >= 4 is 0 Å². The van der Waals surface area contributed by atoms with Gasteiger partial charge in [-0.2, -0.15) is 0 Å². The van der Waals surface area contributed by atoms with Gasteiger partial charge in [0.05, 0.1) is 50.3 Å². The lowest BCUT2D eigenvalue weighted by Crippen LogP contribution is -2.64. The van der Waals surface area contributed by atoms with Crippen molar-refractivity contribution in [1.29, 1.82) is 0 Å². The lowest BCUT2D eigenvalue weighted by molar-refractivity contribution is -0.377. The molecule has 332 valence electrons. The van der Waals surface area contributed by atoms with Gasteiger partial charge in [0.25, 0.3) is 0 Å². The summed E-state index contributed by atoms with van der Waals surface area (Å²) in [5.74, 6) is 0.915. The van der Waals surface area contributed by atoms with E-state index in [0.29, 0.717) is 24.9 Å². The molecule has 4 heterocycles. The van der Waals surface area contributed by atoms with Gasteiger partial charge in [0.2, 0.25) is 0 Å². The molecule has 0 radical (unpaired) electrons. The molecule has 4 aliphatic heterocycles. The summed E-state index contributed by atoms with van der Waals surface area (Å²) < 4.78 is 60.2. The monoisotopic (exact) mass is 827 g/mol. The predicted octanol–water partition coefficient (Wildman–Crippen LogP) is 7.88. The molecule has 11 nitrogen and oxygen atoms in total. The second kappa shape index (κ2) is 21.4. The Morgan fingerprint density at radius 2 is 0.864 bits per heavy atom. The summed E-state index contributed by atoms with van der Waals surface area (Å²) in [5, 5.41) is 22.3. The average molecular weight is 827 g/mol. The highest BCUT2D eigenvalue weighted by Gasteiger charge is 2.54. The summed E-state index contributed by atoms with van der Waals surface area (Å²) in [6, 6.07) is 20.1. The van der Waals surface area contributed by atoms with Gasteiger partial charge in [0, 0.05) is 17.8 Å². The van der Waals surface area contributed by atoms with Gasteiger partial charge in [-0.3, -0.25) is 0 Å². The maximum atomic E-state index is 11.8. The van der Waals surface area contributed by atoms with Crippen LogP contribution in [0.25, 0.3) is 0 Å². The Kier molecular flexibility index (Phi) is 16.9. The van der Waals surface area contributed by atoms with Crippen LogP contribution in [-0.2, 0) is 55.8 Å². The summed E-state index contributed by atoms with van der Waals surface area (Å²) in [5.41, 5.74) is 2.08. The number of hydrogen-bond donors (Lipinski definition) is 2. The van der Waals surface area contributed by atoms with Crippen LogP contribution in [0.3, 0.4) is 0 Å². The fraction of sp³-hybridized carbons (Fsp3) is 0.750. The lowest BCUT2D eigenvalue weighted by atomic mass is 9.78. The van der Waals surface area contributed by atoms with Gasteiger partial charge in [0.15, 0.2) is 25.2 Å². The number of aliphatic hydroxyl groups is 2. The zero-order chi connectivity index (χ0) is 42.4. The molecule has 59 heavy (non-hydrogen) atoms. The molecule has 4 aliphatic rings. The van der Waals surface area contributed by atoms with Gasteiger partial charge in [-0.15, -0.1) is 0 Å². The third kappa shape index (κ3) is 10.6. The first-order chi connectivity index (χ1) is 28.4. The predicted molar refractivity (Wildman–Crippen MR) is 224 cm³/mol. The normalized spacial score (nSPS) is 43.1. The molecule has 20 atom stereocenters. The zero-order valence-corrected chi connectivity index (χ0v) is 37.1. The summed E-state index contributed by atoms with van der Waals surface area (Å²) in [4.78, 5) is 0. The second-order valence-corrected chi connectivity index (χ2v) is 17.9. The van der Waals surface area contributed by atoms with E-state index < -0.39 is 56.0 Å². The van der Waals surface area contributed by atoms with Crippen molar-refractivity contribution in [3.8, 4) is 0 Å². The standard InChI is InChI=1S/C48H74O11/c1-11-36-28(5)27(4)31(8)46(53-36)59-43-40(50)39(24-49)56-48(44(43)51-25-34-20-16-14-17-21-34)58-42-30(7)33(10)47(55-38(42)13-3)57-41-29(6)32(9)45(54-37(41)12-2)52-26-35-22-18-15-19-23-35/h14-23,27-33,36-50H,11-13,24-26H2,1-10H3/t27?,28-,29+,30+,31?,32?,33?,36-,37?,38?,39?,40+,41-,42-,43-,44?,45+,46+,47-,48-/m0/s1. The van der Waals surface area contributed by atoms with E-state index in [2.05, 4.69) is 81.4 Å². The van der Waals surface area contributed by atoms with Gasteiger partial charge in [-0.25, -0.2) is 0 Å². The summed E-state index contributed by atoms with van der Waals surface area (Å²) in [6.45, 7) is 22.0. The van der Waals surface area contributed by atoms with Crippen LogP contribution in [0.5, 0.6) is 0 Å². The first kappa shape index (κ1) is 46.5. The number of aliphatic hydroxyl groups excluding tert-OH is 2. The van der Waals surface area contributed by atoms with Crippen LogP contribution in [0.2, 0.25) is 0 Å². The van der Waals surface area contributed by atoms with Crippen LogP contribution < -0.4 is 0 Å². The minimum atomic E-state index is -1.19. The van der Waals surface area contributed by atoms with Gasteiger partial charge < -0.3 is 52.8 Å². The Balaban J connectivity index is 1.19. The minimum absolute atomic E-state index is 0.0168.